The maximum absolute atomic E-state index is 13.2. The van der Waals surface area contributed by atoms with Gasteiger partial charge in [0.15, 0.2) is 6.10 Å². The number of anilines is 1. The topological polar surface area (TPSA) is 67.9 Å². The number of halogens is 1. The minimum absolute atomic E-state index is 0.108. The summed E-state index contributed by atoms with van der Waals surface area (Å²) in [6, 6.07) is 19.0. The highest BCUT2D eigenvalue weighted by molar-refractivity contribution is 5.92. The molecule has 3 aromatic carbocycles. The van der Waals surface area contributed by atoms with Crippen LogP contribution in [0.2, 0.25) is 0 Å². The summed E-state index contributed by atoms with van der Waals surface area (Å²) in [6.07, 6.45) is 0.216. The van der Waals surface area contributed by atoms with Gasteiger partial charge >= 0.3 is 0 Å². The highest BCUT2D eigenvalue weighted by atomic mass is 19.1. The highest BCUT2D eigenvalue weighted by Crippen LogP contribution is 2.29. The van der Waals surface area contributed by atoms with E-state index in [9.17, 15) is 14.0 Å². The molecule has 34 heavy (non-hydrogen) atoms. The number of nitrogens with zero attached hydrogens (tertiary/aromatic N) is 1. The SMILES string of the molecule is COc1ccc(CC(=O)Nc2ccc3c(c2)CN(CCc2ccc(F)cc2)C(=O)[C@H](C)O3)cc1. The molecule has 0 aromatic heterocycles. The van der Waals surface area contributed by atoms with E-state index in [1.165, 1.54) is 12.1 Å². The van der Waals surface area contributed by atoms with Crippen LogP contribution in [-0.4, -0.2) is 36.5 Å². The summed E-state index contributed by atoms with van der Waals surface area (Å²) in [6.45, 7) is 2.57. The van der Waals surface area contributed by atoms with Crippen molar-refractivity contribution in [1.29, 1.82) is 0 Å². The Labute approximate surface area is 198 Å². The van der Waals surface area contributed by atoms with Gasteiger partial charge in [-0.2, -0.15) is 0 Å². The van der Waals surface area contributed by atoms with Crippen LogP contribution in [0, 0.1) is 5.82 Å². The van der Waals surface area contributed by atoms with Crippen LogP contribution in [0.5, 0.6) is 11.5 Å². The lowest BCUT2D eigenvalue weighted by Crippen LogP contribution is -2.39. The van der Waals surface area contributed by atoms with Crippen LogP contribution < -0.4 is 14.8 Å². The number of methoxy groups -OCH3 is 1. The van der Waals surface area contributed by atoms with Crippen LogP contribution in [-0.2, 0) is 29.0 Å². The number of nitrogens with one attached hydrogen (secondary N) is 1. The van der Waals surface area contributed by atoms with E-state index in [1.54, 1.807) is 43.2 Å². The Morgan fingerprint density at radius 2 is 1.79 bits per heavy atom. The van der Waals surface area contributed by atoms with Crippen molar-refractivity contribution < 1.29 is 23.5 Å². The summed E-state index contributed by atoms with van der Waals surface area (Å²) in [5, 5.41) is 2.93. The molecule has 6 nitrogen and oxygen atoms in total. The molecule has 7 heteroatoms. The van der Waals surface area contributed by atoms with E-state index in [0.29, 0.717) is 30.9 Å². The van der Waals surface area contributed by atoms with Gasteiger partial charge in [-0.3, -0.25) is 9.59 Å². The molecular formula is C27H27FN2O4. The molecule has 0 unspecified atom stereocenters. The molecule has 0 aliphatic carbocycles. The van der Waals surface area contributed by atoms with Crippen LogP contribution in [0.25, 0.3) is 0 Å². The van der Waals surface area contributed by atoms with Crippen molar-refractivity contribution in [2.75, 3.05) is 19.0 Å². The first-order valence-electron chi connectivity index (χ1n) is 11.2. The monoisotopic (exact) mass is 462 g/mol. The first kappa shape index (κ1) is 23.3. The second-order valence-corrected chi connectivity index (χ2v) is 8.29. The molecular weight excluding hydrogens is 435 g/mol. The van der Waals surface area contributed by atoms with Gasteiger partial charge in [-0.1, -0.05) is 24.3 Å². The third kappa shape index (κ3) is 5.73. The van der Waals surface area contributed by atoms with Gasteiger partial charge in [-0.05, 0) is 66.9 Å². The van der Waals surface area contributed by atoms with E-state index in [2.05, 4.69) is 5.32 Å². The zero-order valence-corrected chi connectivity index (χ0v) is 19.2. The van der Waals surface area contributed by atoms with Gasteiger partial charge in [0.05, 0.1) is 13.5 Å². The zero-order chi connectivity index (χ0) is 24.1. The number of benzene rings is 3. The number of ether oxygens (including phenoxy) is 2. The minimum Gasteiger partial charge on any atom is -0.497 e. The second-order valence-electron chi connectivity index (χ2n) is 8.29. The number of rotatable bonds is 7. The van der Waals surface area contributed by atoms with Crippen LogP contribution in [0.4, 0.5) is 10.1 Å². The van der Waals surface area contributed by atoms with Gasteiger partial charge in [0.1, 0.15) is 17.3 Å². The second kappa shape index (κ2) is 10.4. The predicted molar refractivity (Wildman–Crippen MR) is 127 cm³/mol. The number of amides is 2. The molecule has 2 amide bonds. The first-order valence-corrected chi connectivity index (χ1v) is 11.2. The summed E-state index contributed by atoms with van der Waals surface area (Å²) in [7, 11) is 1.60. The van der Waals surface area contributed by atoms with Gasteiger partial charge in [0, 0.05) is 24.3 Å². The smallest absolute Gasteiger partial charge is 0.263 e. The average Bonchev–Trinajstić information content (AvgIpc) is 2.95. The average molecular weight is 463 g/mol. The Kier molecular flexibility index (Phi) is 7.11. The molecule has 0 saturated heterocycles. The molecule has 4 rings (SSSR count). The van der Waals surface area contributed by atoms with Gasteiger partial charge in [0.2, 0.25) is 5.91 Å². The summed E-state index contributed by atoms with van der Waals surface area (Å²) < 4.78 is 24.2. The molecule has 0 saturated carbocycles. The number of fused-ring (bicyclic) bond motifs is 1. The van der Waals surface area contributed by atoms with Crippen molar-refractivity contribution in [3.63, 3.8) is 0 Å². The molecule has 0 bridgehead atoms. The lowest BCUT2D eigenvalue weighted by atomic mass is 10.1. The van der Waals surface area contributed by atoms with E-state index in [-0.39, 0.29) is 24.1 Å². The summed E-state index contributed by atoms with van der Waals surface area (Å²) in [5.74, 6) is 0.828. The van der Waals surface area contributed by atoms with Gasteiger partial charge in [-0.25, -0.2) is 4.39 Å². The Balaban J connectivity index is 1.44. The van der Waals surface area contributed by atoms with Crippen LogP contribution in [0.1, 0.15) is 23.6 Å². The lowest BCUT2D eigenvalue weighted by Gasteiger charge is -2.22. The number of hydrogen-bond donors (Lipinski definition) is 1. The molecule has 0 fully saturated rings. The van der Waals surface area contributed by atoms with Gasteiger partial charge < -0.3 is 19.7 Å². The van der Waals surface area contributed by atoms with Gasteiger partial charge in [-0.15, -0.1) is 0 Å². The summed E-state index contributed by atoms with van der Waals surface area (Å²) in [4.78, 5) is 27.2. The van der Waals surface area contributed by atoms with Crippen molar-refractivity contribution in [3.8, 4) is 11.5 Å². The van der Waals surface area contributed by atoms with E-state index in [0.717, 1.165) is 22.4 Å². The summed E-state index contributed by atoms with van der Waals surface area (Å²) >= 11 is 0. The Morgan fingerprint density at radius 3 is 2.50 bits per heavy atom. The minimum atomic E-state index is -0.620. The van der Waals surface area contributed by atoms with Crippen molar-refractivity contribution in [2.45, 2.75) is 32.4 Å². The molecule has 1 aliphatic heterocycles. The fraction of sp³-hybridized carbons (Fsp3) is 0.259. The molecule has 3 aromatic rings. The van der Waals surface area contributed by atoms with Crippen molar-refractivity contribution in [3.05, 3.63) is 89.2 Å². The number of carbonyl (C=O) groups is 2. The fourth-order valence-electron chi connectivity index (χ4n) is 3.92. The largest absolute Gasteiger partial charge is 0.497 e. The highest BCUT2D eigenvalue weighted by Gasteiger charge is 2.27. The number of hydrogen-bond acceptors (Lipinski definition) is 4. The molecule has 176 valence electrons. The third-order valence-corrected chi connectivity index (χ3v) is 5.78. The van der Waals surface area contributed by atoms with Crippen molar-refractivity contribution in [1.82, 2.24) is 4.90 Å². The van der Waals surface area contributed by atoms with Gasteiger partial charge in [0.25, 0.3) is 5.91 Å². The third-order valence-electron chi connectivity index (χ3n) is 5.78. The Bertz CT molecular complexity index is 1160. The van der Waals surface area contributed by atoms with E-state index >= 15 is 0 Å². The number of carbonyl (C=O) groups excluding carboxylic acids is 2. The predicted octanol–water partition coefficient (Wildman–Crippen LogP) is 4.37. The van der Waals surface area contributed by atoms with Crippen LogP contribution in [0.15, 0.2) is 66.7 Å². The standard InChI is InChI=1S/C27H27FN2O4/c1-18-27(32)30(14-13-19-3-7-22(28)8-4-19)17-21-16-23(9-12-25(21)34-18)29-26(31)15-20-5-10-24(33-2)11-6-20/h3-12,16,18H,13-15,17H2,1-2H3,(H,29,31)/t18-/m0/s1. The van der Waals surface area contributed by atoms with E-state index in [4.69, 9.17) is 9.47 Å². The van der Waals surface area contributed by atoms with E-state index < -0.39 is 6.10 Å². The Morgan fingerprint density at radius 1 is 1.09 bits per heavy atom. The molecule has 1 N–H and O–H groups in total. The summed E-state index contributed by atoms with van der Waals surface area (Å²) in [5.41, 5.74) is 3.29. The van der Waals surface area contributed by atoms with Crippen LogP contribution >= 0.6 is 0 Å². The maximum atomic E-state index is 13.2. The quantitative estimate of drug-likeness (QED) is 0.566. The van der Waals surface area contributed by atoms with E-state index in [1.807, 2.05) is 30.3 Å². The molecule has 1 heterocycles. The van der Waals surface area contributed by atoms with Crippen molar-refractivity contribution in [2.24, 2.45) is 0 Å². The van der Waals surface area contributed by atoms with Crippen molar-refractivity contribution >= 4 is 17.5 Å². The maximum Gasteiger partial charge on any atom is 0.263 e. The van der Waals surface area contributed by atoms with Crippen LogP contribution in [0.3, 0.4) is 0 Å². The molecule has 1 aliphatic rings. The molecule has 0 spiro atoms. The fourth-order valence-corrected chi connectivity index (χ4v) is 3.92. The molecule has 0 radical (unpaired) electrons. The Hall–Kier alpha value is -3.87. The zero-order valence-electron chi connectivity index (χ0n) is 19.2. The first-order chi connectivity index (χ1) is 16.4. The normalized spacial score (nSPS) is 15.2. The molecule has 1 atom stereocenters. The lowest BCUT2D eigenvalue weighted by molar-refractivity contribution is -0.137.